The van der Waals surface area contributed by atoms with Crippen LogP contribution in [-0.2, 0) is 16.0 Å². The monoisotopic (exact) mass is 432 g/mol. The second-order valence-electron chi connectivity index (χ2n) is 8.04. The van der Waals surface area contributed by atoms with E-state index in [0.717, 1.165) is 49.1 Å². The maximum Gasteiger partial charge on any atom is 0.257 e. The maximum atomic E-state index is 12.2. The van der Waals surface area contributed by atoms with Gasteiger partial charge in [-0.3, -0.25) is 9.59 Å². The standard InChI is InChI=1S/C25H28N4O3/c26-25(31)20-12-15-29(16-13-20)22-10-9-19-7-4-8-21(24(19)28-22)32-17-23(30)27-14-11-18-5-2-1-3-6-18/h1-10,20H,11-17H2,(H2,26,31)(H,27,30). The van der Waals surface area contributed by atoms with Crippen molar-refractivity contribution in [3.8, 4) is 5.75 Å². The van der Waals surface area contributed by atoms with Crippen LogP contribution in [0, 0.1) is 5.92 Å². The Morgan fingerprint density at radius 1 is 1.03 bits per heavy atom. The lowest BCUT2D eigenvalue weighted by molar-refractivity contribution is -0.123. The molecule has 2 amide bonds. The molecule has 1 saturated heterocycles. The number of nitrogens with two attached hydrogens (primary N) is 1. The molecule has 1 aliphatic heterocycles. The number of hydrogen-bond donors (Lipinski definition) is 2. The summed E-state index contributed by atoms with van der Waals surface area (Å²) in [6.07, 6.45) is 2.24. The zero-order valence-electron chi connectivity index (χ0n) is 18.0. The van der Waals surface area contributed by atoms with Crippen LogP contribution in [0.1, 0.15) is 18.4 Å². The molecule has 0 spiro atoms. The number of pyridine rings is 1. The van der Waals surface area contributed by atoms with Crippen LogP contribution >= 0.6 is 0 Å². The quantitative estimate of drug-likeness (QED) is 0.570. The van der Waals surface area contributed by atoms with Gasteiger partial charge in [0.05, 0.1) is 0 Å². The molecule has 32 heavy (non-hydrogen) atoms. The van der Waals surface area contributed by atoms with E-state index in [9.17, 15) is 9.59 Å². The Labute approximate surface area is 187 Å². The molecule has 1 aromatic heterocycles. The first-order chi connectivity index (χ1) is 15.6. The highest BCUT2D eigenvalue weighted by atomic mass is 16.5. The Kier molecular flexibility index (Phi) is 6.84. The lowest BCUT2D eigenvalue weighted by Crippen LogP contribution is -2.38. The normalized spacial score (nSPS) is 14.3. The molecule has 0 radical (unpaired) electrons. The van der Waals surface area contributed by atoms with Gasteiger partial charge in [0.2, 0.25) is 5.91 Å². The van der Waals surface area contributed by atoms with E-state index in [4.69, 9.17) is 15.5 Å². The van der Waals surface area contributed by atoms with E-state index in [0.29, 0.717) is 12.3 Å². The second-order valence-corrected chi connectivity index (χ2v) is 8.04. The zero-order valence-corrected chi connectivity index (χ0v) is 18.0. The third kappa shape index (κ3) is 5.35. The van der Waals surface area contributed by atoms with E-state index >= 15 is 0 Å². The summed E-state index contributed by atoms with van der Waals surface area (Å²) >= 11 is 0. The molecule has 2 aromatic carbocycles. The van der Waals surface area contributed by atoms with Crippen molar-refractivity contribution in [2.45, 2.75) is 19.3 Å². The smallest absolute Gasteiger partial charge is 0.257 e. The minimum absolute atomic E-state index is 0.0639. The number of rotatable bonds is 8. The number of amides is 2. The average molecular weight is 433 g/mol. The van der Waals surface area contributed by atoms with Crippen LogP contribution in [0.4, 0.5) is 5.82 Å². The summed E-state index contributed by atoms with van der Waals surface area (Å²) in [5.74, 6) is 0.959. The van der Waals surface area contributed by atoms with Crippen LogP contribution < -0.4 is 20.7 Å². The highest BCUT2D eigenvalue weighted by molar-refractivity contribution is 5.86. The number of piperidine rings is 1. The fraction of sp³-hybridized carbons (Fsp3) is 0.320. The minimum Gasteiger partial charge on any atom is -0.481 e. The number of para-hydroxylation sites is 1. The number of nitrogens with zero attached hydrogens (tertiary/aromatic N) is 2. The Hall–Kier alpha value is -3.61. The number of nitrogens with one attached hydrogen (secondary N) is 1. The number of carbonyl (C=O) groups is 2. The molecule has 0 bridgehead atoms. The van der Waals surface area contributed by atoms with Gasteiger partial charge >= 0.3 is 0 Å². The van der Waals surface area contributed by atoms with Crippen LogP contribution in [-0.4, -0.2) is 43.0 Å². The molecule has 2 heterocycles. The second kappa shape index (κ2) is 10.1. The minimum atomic E-state index is -0.228. The summed E-state index contributed by atoms with van der Waals surface area (Å²) in [5.41, 5.74) is 7.34. The molecule has 1 fully saturated rings. The van der Waals surface area contributed by atoms with Gasteiger partial charge in [0.25, 0.3) is 5.91 Å². The summed E-state index contributed by atoms with van der Waals surface area (Å²) < 4.78 is 5.82. The van der Waals surface area contributed by atoms with Gasteiger partial charge in [-0.15, -0.1) is 0 Å². The van der Waals surface area contributed by atoms with Gasteiger partial charge in [-0.25, -0.2) is 4.98 Å². The first kappa shape index (κ1) is 21.6. The number of fused-ring (bicyclic) bond motifs is 1. The lowest BCUT2D eigenvalue weighted by Gasteiger charge is -2.31. The molecule has 166 valence electrons. The SMILES string of the molecule is NC(=O)C1CCN(c2ccc3cccc(OCC(=O)NCCc4ccccc4)c3n2)CC1. The molecule has 3 aromatic rings. The fourth-order valence-electron chi connectivity index (χ4n) is 3.98. The predicted molar refractivity (Wildman–Crippen MR) is 125 cm³/mol. The van der Waals surface area contributed by atoms with Crippen molar-refractivity contribution >= 4 is 28.5 Å². The number of ether oxygens (including phenoxy) is 1. The summed E-state index contributed by atoms with van der Waals surface area (Å²) in [5, 5.41) is 3.84. The molecule has 0 unspecified atom stereocenters. The Balaban J connectivity index is 1.36. The van der Waals surface area contributed by atoms with Crippen molar-refractivity contribution in [2.24, 2.45) is 11.7 Å². The first-order valence-electron chi connectivity index (χ1n) is 11.0. The lowest BCUT2D eigenvalue weighted by atomic mass is 9.96. The largest absolute Gasteiger partial charge is 0.481 e. The molecule has 7 nitrogen and oxygen atoms in total. The van der Waals surface area contributed by atoms with Gasteiger partial charge in [0.15, 0.2) is 6.61 Å². The summed E-state index contributed by atoms with van der Waals surface area (Å²) in [7, 11) is 0. The topological polar surface area (TPSA) is 97.5 Å². The number of hydrogen-bond acceptors (Lipinski definition) is 5. The van der Waals surface area contributed by atoms with Gasteiger partial charge in [-0.1, -0.05) is 42.5 Å². The van der Waals surface area contributed by atoms with Crippen molar-refractivity contribution in [3.63, 3.8) is 0 Å². The van der Waals surface area contributed by atoms with E-state index in [2.05, 4.69) is 10.2 Å². The van der Waals surface area contributed by atoms with Crippen molar-refractivity contribution in [2.75, 3.05) is 31.1 Å². The number of carbonyl (C=O) groups excluding carboxylic acids is 2. The third-order valence-corrected chi connectivity index (χ3v) is 5.83. The predicted octanol–water partition coefficient (Wildman–Crippen LogP) is 2.67. The van der Waals surface area contributed by atoms with Gasteiger partial charge < -0.3 is 20.7 Å². The summed E-state index contributed by atoms with van der Waals surface area (Å²) in [6, 6.07) is 19.7. The van der Waals surface area contributed by atoms with Gasteiger partial charge in [0.1, 0.15) is 17.1 Å². The van der Waals surface area contributed by atoms with Crippen LogP contribution in [0.5, 0.6) is 5.75 Å². The maximum absolute atomic E-state index is 12.2. The number of anilines is 1. The van der Waals surface area contributed by atoms with E-state index in [-0.39, 0.29) is 24.3 Å². The Bertz CT molecular complexity index is 1080. The summed E-state index contributed by atoms with van der Waals surface area (Å²) in [6.45, 7) is 1.97. The third-order valence-electron chi connectivity index (χ3n) is 5.83. The van der Waals surface area contributed by atoms with Crippen molar-refractivity contribution < 1.29 is 14.3 Å². The van der Waals surface area contributed by atoms with Crippen LogP contribution in [0.3, 0.4) is 0 Å². The highest BCUT2D eigenvalue weighted by Crippen LogP contribution is 2.28. The van der Waals surface area contributed by atoms with Gasteiger partial charge in [-0.2, -0.15) is 0 Å². The van der Waals surface area contributed by atoms with Crippen molar-refractivity contribution in [3.05, 3.63) is 66.2 Å². The molecule has 4 rings (SSSR count). The molecule has 0 aliphatic carbocycles. The van der Waals surface area contributed by atoms with E-state index < -0.39 is 0 Å². The van der Waals surface area contributed by atoms with Crippen LogP contribution in [0.2, 0.25) is 0 Å². The molecular formula is C25H28N4O3. The Morgan fingerprint density at radius 3 is 2.56 bits per heavy atom. The van der Waals surface area contributed by atoms with Crippen LogP contribution in [0.25, 0.3) is 10.9 Å². The van der Waals surface area contributed by atoms with E-state index in [1.165, 1.54) is 5.56 Å². The van der Waals surface area contributed by atoms with Crippen molar-refractivity contribution in [1.29, 1.82) is 0 Å². The fourth-order valence-corrected chi connectivity index (χ4v) is 3.98. The van der Waals surface area contributed by atoms with Gasteiger partial charge in [-0.05, 0) is 43.0 Å². The zero-order chi connectivity index (χ0) is 22.3. The first-order valence-corrected chi connectivity index (χ1v) is 11.0. The van der Waals surface area contributed by atoms with Gasteiger partial charge in [0, 0.05) is 30.9 Å². The highest BCUT2D eigenvalue weighted by Gasteiger charge is 2.24. The molecule has 3 N–H and O–H groups in total. The molecule has 0 atom stereocenters. The molecule has 0 saturated carbocycles. The average Bonchev–Trinajstić information content (AvgIpc) is 2.83. The molecule has 1 aliphatic rings. The summed E-state index contributed by atoms with van der Waals surface area (Å²) in [4.78, 5) is 30.6. The molecule has 7 heteroatoms. The molecular weight excluding hydrogens is 404 g/mol. The van der Waals surface area contributed by atoms with Crippen molar-refractivity contribution in [1.82, 2.24) is 10.3 Å². The van der Waals surface area contributed by atoms with E-state index in [1.807, 2.05) is 60.7 Å². The Morgan fingerprint density at radius 2 is 1.81 bits per heavy atom. The number of aromatic nitrogens is 1. The van der Waals surface area contributed by atoms with E-state index in [1.54, 1.807) is 0 Å². The number of primary amides is 1. The number of benzene rings is 2. The van der Waals surface area contributed by atoms with Crippen LogP contribution in [0.15, 0.2) is 60.7 Å².